The number of hydrogen-bond acceptors (Lipinski definition) is 18. The van der Waals surface area contributed by atoms with E-state index in [2.05, 4.69) is 83.0 Å². The molecule has 5 heterocycles. The Morgan fingerprint density at radius 2 is 1.62 bits per heavy atom. The summed E-state index contributed by atoms with van der Waals surface area (Å²) in [7, 11) is 0. The number of allylic oxidation sites excluding steroid dienone is 3. The number of carboxylic acid groups (broad SMARTS) is 1. The van der Waals surface area contributed by atoms with E-state index in [1.807, 2.05) is 13.0 Å². The summed E-state index contributed by atoms with van der Waals surface area (Å²) in [5.41, 5.74) is 1.63. The number of anilines is 1. The largest absolute Gasteiger partial charge is 0.481 e. The van der Waals surface area contributed by atoms with E-state index in [0.717, 1.165) is 68.6 Å². The number of carboxylic acids is 1. The number of aromatic amines is 2. The zero-order chi connectivity index (χ0) is 65.3. The molecule has 2 saturated heterocycles. The van der Waals surface area contributed by atoms with Gasteiger partial charge in [-0.15, -0.1) is 0 Å². The molecule has 92 heavy (non-hydrogen) atoms. The van der Waals surface area contributed by atoms with Gasteiger partial charge in [-0.3, -0.25) is 9.59 Å². The first-order valence-electron chi connectivity index (χ1n) is 35.3. The van der Waals surface area contributed by atoms with Gasteiger partial charge in [0.05, 0.1) is 72.2 Å². The fourth-order valence-electron chi connectivity index (χ4n) is 23.9. The summed E-state index contributed by atoms with van der Waals surface area (Å²) in [6, 6.07) is -0.850. The second-order valence-electron chi connectivity index (χ2n) is 32.6. The normalized spacial score (nSPS) is 45.5. The third-order valence-corrected chi connectivity index (χ3v) is 28.5. The van der Waals surface area contributed by atoms with E-state index < -0.39 is 147 Å². The molecule has 0 radical (unpaired) electrons. The average Bonchev–Trinajstić information content (AvgIpc) is 0.826. The van der Waals surface area contributed by atoms with Gasteiger partial charge in [-0.1, -0.05) is 91.0 Å². The molecule has 512 valence electrons. The van der Waals surface area contributed by atoms with Crippen molar-refractivity contribution in [2.75, 3.05) is 57.9 Å². The molecular weight excluding hydrogens is 1170 g/mol. The zero-order valence-corrected chi connectivity index (χ0v) is 55.1. The van der Waals surface area contributed by atoms with E-state index in [9.17, 15) is 50.8 Å². The van der Waals surface area contributed by atoms with E-state index in [0.29, 0.717) is 89.0 Å². The van der Waals surface area contributed by atoms with E-state index in [-0.39, 0.29) is 49.3 Å². The molecule has 13 rings (SSSR count). The molecule has 0 bridgehead atoms. The molecule has 22 nitrogen and oxygen atoms in total. The Morgan fingerprint density at radius 1 is 0.870 bits per heavy atom. The number of rotatable bonds is 19. The molecule has 2 aromatic rings. The fourth-order valence-corrected chi connectivity index (χ4v) is 23.9. The van der Waals surface area contributed by atoms with Crippen molar-refractivity contribution >= 4 is 17.7 Å². The van der Waals surface area contributed by atoms with Crippen LogP contribution < -0.4 is 27.0 Å². The molecule has 8 aliphatic carbocycles. The summed E-state index contributed by atoms with van der Waals surface area (Å²) in [6.45, 7) is 15.1. The second-order valence-corrected chi connectivity index (χ2v) is 32.6. The maximum absolute atomic E-state index is 15.9. The number of nitrogens with two attached hydrogens (primary N) is 1. The predicted molar refractivity (Wildman–Crippen MR) is 341 cm³/mol. The van der Waals surface area contributed by atoms with Gasteiger partial charge in [0, 0.05) is 67.8 Å². The van der Waals surface area contributed by atoms with Crippen molar-refractivity contribution in [3.05, 3.63) is 54.0 Å². The summed E-state index contributed by atoms with van der Waals surface area (Å²) >= 11 is 0. The maximum atomic E-state index is 15.9. The lowest BCUT2D eigenvalue weighted by molar-refractivity contribution is -0.354. The number of amides is 1. The van der Waals surface area contributed by atoms with Crippen LogP contribution in [0, 0.1) is 103 Å². The smallest absolute Gasteiger partial charge is 0.310 e. The first kappa shape index (κ1) is 66.7. The van der Waals surface area contributed by atoms with Crippen LogP contribution in [0.2, 0.25) is 0 Å². The van der Waals surface area contributed by atoms with Gasteiger partial charge in [-0.25, -0.2) is 9.97 Å². The molecule has 6 saturated carbocycles. The van der Waals surface area contributed by atoms with Crippen molar-refractivity contribution in [3.8, 4) is 0 Å². The summed E-state index contributed by atoms with van der Waals surface area (Å²) in [5, 5.41) is 124. The van der Waals surface area contributed by atoms with Gasteiger partial charge >= 0.3 is 5.97 Å². The van der Waals surface area contributed by atoms with Crippen LogP contribution in [0.3, 0.4) is 0 Å². The van der Waals surface area contributed by atoms with Crippen LogP contribution in [-0.2, 0) is 30.9 Å². The summed E-state index contributed by atoms with van der Waals surface area (Å²) < 4.78 is 13.2. The fraction of sp³-hybridized carbons (Fsp3) is 0.829. The number of nitrogens with one attached hydrogen (secondary N) is 6. The van der Waals surface area contributed by atoms with E-state index in [1.54, 1.807) is 18.9 Å². The van der Waals surface area contributed by atoms with Gasteiger partial charge < -0.3 is 92.4 Å². The van der Waals surface area contributed by atoms with Gasteiger partial charge in [-0.2, -0.15) is 0 Å². The SMILES string of the molecule is CC(C)CCNCCNC[C@H]([C@@H](N)O)[C@H](O)[C@@]1(c2cnc[nH]2)C=C[C@H]([C@H]2[C@@H](O)[C@@H](O[C@@H]3OC[C@@H](O)[C@H](O)[C@H]3O)[C@@](C)(CO)[C@H]3CC[C@]4(C)[C@H](CC=C5[C@@H]6C[C@@](C)(CO)CC[C@]6(C(=O)O)[C@H]6CNc7nc[nH]c7C[C@@H]6[C@]54C)[C@@]23C2CCCC2)[C@@H]2[C@@H]1NC(=O)C21CCCC1. The molecule has 17 N–H and O–H groups in total. The van der Waals surface area contributed by atoms with Crippen LogP contribution in [0.25, 0.3) is 0 Å². The number of nitrogens with zero attached hydrogens (tertiary/aromatic N) is 2. The number of aliphatic hydroxyl groups is 8. The third-order valence-electron chi connectivity index (χ3n) is 28.5. The van der Waals surface area contributed by atoms with Crippen molar-refractivity contribution in [2.24, 2.45) is 109 Å². The molecule has 2 aromatic heterocycles. The number of H-pyrrole nitrogens is 2. The first-order chi connectivity index (χ1) is 43.9. The van der Waals surface area contributed by atoms with Crippen molar-refractivity contribution in [3.63, 3.8) is 0 Å². The standard InChI is InChI=1S/C70H109N9O13/c1-37(2)17-24-72-25-26-73-29-40(58(71)87)56(86)69(49-31-74-35-77-49)21-15-39(51-55(69)79-61(88)67(51)18-9-10-19-67)50-53(84)57(92-60-54(85)52(83)46(82)32-91-60)64(4,34-81)47-16-20-65(5)48(70(47,50)38-11-7-8-12-38)14-13-41-43-28-63(3,33-80)22-23-68(43,62(89)90)44-30-75-59-45(76-36-78-59)27-42(44)66(41,65)6/h13,15,21,31,35-40,42-44,46-48,50-58,60,72-73,75,80-87H,7-12,14,16-20,22-30,32-34,71H2,1-6H3,(H,74,77)(H,76,78)(H,79,88)(H,89,90)/t39-,40+,42+,43+,44+,46-,47-,48+,50+,51-,52+,53-,54-,55+,56+,57-,58+,60+,63+,64+,65-,66+,68-,69-,70+/m1/s1. The van der Waals surface area contributed by atoms with E-state index in [1.165, 1.54) is 0 Å². The van der Waals surface area contributed by atoms with Gasteiger partial charge in [0.1, 0.15) is 30.4 Å². The third kappa shape index (κ3) is 9.59. The van der Waals surface area contributed by atoms with Crippen LogP contribution in [0.5, 0.6) is 0 Å². The van der Waals surface area contributed by atoms with Crippen molar-refractivity contribution in [1.82, 2.24) is 35.9 Å². The molecule has 22 heteroatoms. The van der Waals surface area contributed by atoms with Crippen LogP contribution in [0.1, 0.15) is 149 Å². The minimum atomic E-state index is -1.71. The van der Waals surface area contributed by atoms with Crippen molar-refractivity contribution in [1.29, 1.82) is 0 Å². The zero-order valence-electron chi connectivity index (χ0n) is 55.1. The Kier molecular flexibility index (Phi) is 17.8. The topological polar surface area (TPSA) is 366 Å². The molecule has 0 aromatic carbocycles. The Labute approximate surface area is 541 Å². The Bertz CT molecular complexity index is 3040. The van der Waals surface area contributed by atoms with Gasteiger partial charge in [0.25, 0.3) is 0 Å². The lowest BCUT2D eigenvalue weighted by atomic mass is 9.27. The Morgan fingerprint density at radius 3 is 2.30 bits per heavy atom. The Hall–Kier alpha value is -3.88. The highest BCUT2D eigenvalue weighted by molar-refractivity contribution is 5.87. The number of aliphatic carboxylic acids is 1. The van der Waals surface area contributed by atoms with Crippen LogP contribution in [0.15, 0.2) is 42.7 Å². The Balaban J connectivity index is 1.03. The highest BCUT2D eigenvalue weighted by atomic mass is 16.7. The minimum Gasteiger partial charge on any atom is -0.481 e. The molecule has 1 amide bonds. The van der Waals surface area contributed by atoms with Crippen LogP contribution in [-0.4, -0.2) is 185 Å². The molecule has 0 unspecified atom stereocenters. The number of hydrogen-bond donors (Lipinski definition) is 16. The maximum Gasteiger partial charge on any atom is 0.310 e. The highest BCUT2D eigenvalue weighted by Crippen LogP contribution is 2.82. The number of aromatic nitrogens is 4. The van der Waals surface area contributed by atoms with Crippen LogP contribution >= 0.6 is 0 Å². The molecular formula is C70H109N9O13. The molecule has 8 fully saturated rings. The molecule has 11 aliphatic rings. The monoisotopic (exact) mass is 1280 g/mol. The van der Waals surface area contributed by atoms with E-state index >= 15 is 4.79 Å². The van der Waals surface area contributed by atoms with Gasteiger partial charge in [0.15, 0.2) is 6.29 Å². The highest BCUT2D eigenvalue weighted by Gasteiger charge is 2.81. The second kappa shape index (κ2) is 24.6. The van der Waals surface area contributed by atoms with Crippen LogP contribution in [0.4, 0.5) is 5.82 Å². The number of fused-ring (bicyclic) bond motifs is 13. The quantitative estimate of drug-likeness (QED) is 0.0411. The summed E-state index contributed by atoms with van der Waals surface area (Å²) in [4.78, 5) is 46.9. The summed E-state index contributed by atoms with van der Waals surface area (Å²) in [5.74, 6) is -4.31. The van der Waals surface area contributed by atoms with Gasteiger partial charge in [-0.05, 0) is 153 Å². The first-order valence-corrected chi connectivity index (χ1v) is 35.3. The molecule has 25 atom stereocenters. The molecule has 3 aliphatic heterocycles. The number of ether oxygens (including phenoxy) is 2. The predicted octanol–water partition coefficient (Wildman–Crippen LogP) is 3.85. The average molecular weight is 1280 g/mol. The number of carbonyl (C=O) groups is 2. The molecule has 1 spiro atoms. The van der Waals surface area contributed by atoms with Crippen molar-refractivity contribution in [2.45, 2.75) is 205 Å². The number of imidazole rings is 2. The van der Waals surface area contributed by atoms with E-state index in [4.69, 9.17) is 20.2 Å². The lowest BCUT2D eigenvalue weighted by Crippen LogP contribution is -2.77. The van der Waals surface area contributed by atoms with Crippen molar-refractivity contribution < 1.29 is 65.0 Å². The minimum absolute atomic E-state index is 0.0421. The summed E-state index contributed by atoms with van der Waals surface area (Å²) in [6.07, 6.45) is 10.7. The van der Waals surface area contributed by atoms with Gasteiger partial charge in [0.2, 0.25) is 5.91 Å². The number of aliphatic hydroxyl groups excluding tert-OH is 8. The lowest BCUT2D eigenvalue weighted by Gasteiger charge is -2.77. The number of carbonyl (C=O) groups excluding carboxylic acids is 1.